The van der Waals surface area contributed by atoms with E-state index in [0.717, 1.165) is 24.1 Å². The van der Waals surface area contributed by atoms with Gasteiger partial charge in [0.1, 0.15) is 5.75 Å². The molecule has 1 N–H and O–H groups in total. The molecule has 0 aliphatic carbocycles. The molecule has 0 spiro atoms. The summed E-state index contributed by atoms with van der Waals surface area (Å²) in [6.45, 7) is 3.54. The average molecular weight is 392 g/mol. The van der Waals surface area contributed by atoms with Crippen molar-refractivity contribution >= 4 is 22.1 Å². The molecule has 0 bridgehead atoms. The van der Waals surface area contributed by atoms with Gasteiger partial charge in [0, 0.05) is 0 Å². The quantitative estimate of drug-likeness (QED) is 0.438. The molecule has 2 rings (SSSR count). The second kappa shape index (κ2) is 8.79. The van der Waals surface area contributed by atoms with Crippen LogP contribution in [0.1, 0.15) is 42.1 Å². The summed E-state index contributed by atoms with van der Waals surface area (Å²) in [6, 6.07) is 11.7. The van der Waals surface area contributed by atoms with Gasteiger partial charge in [0.25, 0.3) is 10.1 Å². The molecule has 0 amide bonds. The highest BCUT2D eigenvalue weighted by Crippen LogP contribution is 2.21. The molecule has 8 heteroatoms. The van der Waals surface area contributed by atoms with E-state index in [-0.39, 0.29) is 5.56 Å². The van der Waals surface area contributed by atoms with Crippen LogP contribution in [0.15, 0.2) is 53.4 Å². The molecule has 0 saturated heterocycles. The summed E-state index contributed by atoms with van der Waals surface area (Å²) >= 11 is 0. The maximum Gasteiger partial charge on any atom is 0.349 e. The molecular weight excluding hydrogens is 372 g/mol. The summed E-state index contributed by atoms with van der Waals surface area (Å²) in [5, 5.41) is 0. The fourth-order valence-electron chi connectivity index (χ4n) is 2.25. The third-order valence-corrected chi connectivity index (χ3v) is 4.83. The Kier molecular flexibility index (Phi) is 6.70. The van der Waals surface area contributed by atoms with Crippen LogP contribution in [0.25, 0.3) is 0 Å². The second-order valence-corrected chi connectivity index (χ2v) is 7.35. The molecule has 0 aromatic heterocycles. The van der Waals surface area contributed by atoms with Gasteiger partial charge >= 0.3 is 11.9 Å². The number of carbonyl (C=O) groups excluding carboxylic acids is 2. The summed E-state index contributed by atoms with van der Waals surface area (Å²) in [4.78, 5) is 23.3. The third kappa shape index (κ3) is 5.90. The fourth-order valence-corrected chi connectivity index (χ4v) is 2.78. The van der Waals surface area contributed by atoms with Crippen LogP contribution in [0.5, 0.6) is 5.75 Å². The predicted molar refractivity (Wildman–Crippen MR) is 97.3 cm³/mol. The van der Waals surface area contributed by atoms with Crippen molar-refractivity contribution in [2.75, 3.05) is 6.61 Å². The van der Waals surface area contributed by atoms with Crippen molar-refractivity contribution < 1.29 is 32.0 Å². The standard InChI is InChI=1S/C19H20O7S/c1-3-13(2)14-7-9-16(10-8-14)26-18(20)12-25-19(21)15-5-4-6-17(11-15)27(22,23)24/h4-11,13H,3,12H2,1-2H3,(H,22,23,24). The molecule has 0 heterocycles. The Morgan fingerprint density at radius 1 is 1.11 bits per heavy atom. The molecule has 0 radical (unpaired) electrons. The van der Waals surface area contributed by atoms with Crippen LogP contribution in [-0.2, 0) is 19.6 Å². The van der Waals surface area contributed by atoms with Gasteiger partial charge in [0.2, 0.25) is 0 Å². The normalized spacial score (nSPS) is 12.3. The monoisotopic (exact) mass is 392 g/mol. The zero-order valence-corrected chi connectivity index (χ0v) is 15.7. The minimum absolute atomic E-state index is 0.115. The van der Waals surface area contributed by atoms with Crippen LogP contribution in [-0.4, -0.2) is 31.5 Å². The van der Waals surface area contributed by atoms with Crippen molar-refractivity contribution in [2.45, 2.75) is 31.1 Å². The Balaban J connectivity index is 1.93. The smallest absolute Gasteiger partial charge is 0.349 e. The molecule has 1 unspecified atom stereocenters. The fraction of sp³-hybridized carbons (Fsp3) is 0.263. The van der Waals surface area contributed by atoms with Crippen molar-refractivity contribution in [1.82, 2.24) is 0 Å². The lowest BCUT2D eigenvalue weighted by atomic mass is 9.99. The van der Waals surface area contributed by atoms with Crippen molar-refractivity contribution in [2.24, 2.45) is 0 Å². The van der Waals surface area contributed by atoms with Crippen molar-refractivity contribution in [3.8, 4) is 5.75 Å². The molecule has 0 saturated carbocycles. The number of esters is 2. The van der Waals surface area contributed by atoms with Crippen molar-refractivity contribution in [3.63, 3.8) is 0 Å². The first-order valence-corrected chi connectivity index (χ1v) is 9.70. The van der Waals surface area contributed by atoms with Gasteiger partial charge in [-0.05, 0) is 48.2 Å². The predicted octanol–water partition coefficient (Wildman–Crippen LogP) is 3.21. The van der Waals surface area contributed by atoms with Gasteiger partial charge in [0.15, 0.2) is 6.61 Å². The molecule has 2 aromatic rings. The van der Waals surface area contributed by atoms with Gasteiger partial charge in [-0.1, -0.05) is 32.0 Å². The molecule has 0 aliphatic heterocycles. The van der Waals surface area contributed by atoms with E-state index in [2.05, 4.69) is 13.8 Å². The van der Waals surface area contributed by atoms with Gasteiger partial charge in [-0.3, -0.25) is 4.55 Å². The van der Waals surface area contributed by atoms with Crippen LogP contribution in [0.4, 0.5) is 0 Å². The summed E-state index contributed by atoms with van der Waals surface area (Å²) in [6.07, 6.45) is 0.994. The highest BCUT2D eigenvalue weighted by atomic mass is 32.2. The van der Waals surface area contributed by atoms with Crippen LogP contribution in [0, 0.1) is 0 Å². The molecular formula is C19H20O7S. The van der Waals surface area contributed by atoms with E-state index in [4.69, 9.17) is 14.0 Å². The van der Waals surface area contributed by atoms with Gasteiger partial charge in [-0.2, -0.15) is 8.42 Å². The summed E-state index contributed by atoms with van der Waals surface area (Å²) in [7, 11) is -4.44. The minimum atomic E-state index is -4.44. The van der Waals surface area contributed by atoms with E-state index in [1.807, 2.05) is 12.1 Å². The van der Waals surface area contributed by atoms with Crippen LogP contribution >= 0.6 is 0 Å². The molecule has 0 aliphatic rings. The SMILES string of the molecule is CCC(C)c1ccc(OC(=O)COC(=O)c2cccc(S(=O)(=O)O)c2)cc1. The second-order valence-electron chi connectivity index (χ2n) is 5.93. The first-order chi connectivity index (χ1) is 12.7. The first-order valence-electron chi connectivity index (χ1n) is 8.26. The number of hydrogen-bond acceptors (Lipinski definition) is 6. The van der Waals surface area contributed by atoms with E-state index < -0.39 is 33.6 Å². The summed E-state index contributed by atoms with van der Waals surface area (Å²) in [5.74, 6) is -0.958. The molecule has 27 heavy (non-hydrogen) atoms. The number of benzene rings is 2. The summed E-state index contributed by atoms with van der Waals surface area (Å²) in [5.41, 5.74) is 1.01. The Morgan fingerprint density at radius 3 is 2.37 bits per heavy atom. The van der Waals surface area contributed by atoms with Crippen LogP contribution < -0.4 is 4.74 Å². The summed E-state index contributed by atoms with van der Waals surface area (Å²) < 4.78 is 41.1. The van der Waals surface area contributed by atoms with Crippen molar-refractivity contribution in [3.05, 3.63) is 59.7 Å². The van der Waals surface area contributed by atoms with E-state index in [9.17, 15) is 18.0 Å². The topological polar surface area (TPSA) is 107 Å². The Hall–Kier alpha value is -2.71. The van der Waals surface area contributed by atoms with E-state index >= 15 is 0 Å². The lowest BCUT2D eigenvalue weighted by molar-refractivity contribution is -0.137. The zero-order chi connectivity index (χ0) is 20.0. The number of carbonyl (C=O) groups is 2. The van der Waals surface area contributed by atoms with Crippen LogP contribution in [0.3, 0.4) is 0 Å². The van der Waals surface area contributed by atoms with Gasteiger partial charge in [-0.15, -0.1) is 0 Å². The lowest BCUT2D eigenvalue weighted by Crippen LogP contribution is -2.19. The zero-order valence-electron chi connectivity index (χ0n) is 14.9. The maximum atomic E-state index is 11.9. The molecule has 2 aromatic carbocycles. The highest BCUT2D eigenvalue weighted by molar-refractivity contribution is 7.85. The number of ether oxygens (including phenoxy) is 2. The Bertz CT molecular complexity index is 917. The number of rotatable bonds is 7. The van der Waals surface area contributed by atoms with E-state index in [0.29, 0.717) is 11.7 Å². The van der Waals surface area contributed by atoms with Crippen molar-refractivity contribution in [1.29, 1.82) is 0 Å². The molecule has 1 atom stereocenters. The van der Waals surface area contributed by atoms with E-state index in [1.54, 1.807) is 12.1 Å². The third-order valence-electron chi connectivity index (χ3n) is 3.98. The largest absolute Gasteiger partial charge is 0.450 e. The lowest BCUT2D eigenvalue weighted by Gasteiger charge is -2.10. The minimum Gasteiger partial charge on any atom is -0.450 e. The molecule has 0 fully saturated rings. The molecule has 7 nitrogen and oxygen atoms in total. The number of hydrogen-bond donors (Lipinski definition) is 1. The van der Waals surface area contributed by atoms with Gasteiger partial charge < -0.3 is 9.47 Å². The van der Waals surface area contributed by atoms with Gasteiger partial charge in [0.05, 0.1) is 10.5 Å². The van der Waals surface area contributed by atoms with E-state index in [1.165, 1.54) is 12.1 Å². The average Bonchev–Trinajstić information content (AvgIpc) is 2.65. The Morgan fingerprint density at radius 2 is 1.78 bits per heavy atom. The maximum absolute atomic E-state index is 11.9. The first kappa shape index (κ1) is 20.6. The Labute approximate surface area is 157 Å². The molecule has 144 valence electrons. The van der Waals surface area contributed by atoms with Gasteiger partial charge in [-0.25, -0.2) is 9.59 Å². The van der Waals surface area contributed by atoms with Crippen LogP contribution in [0.2, 0.25) is 0 Å². The highest BCUT2D eigenvalue weighted by Gasteiger charge is 2.16.